The van der Waals surface area contributed by atoms with Gasteiger partial charge in [0.1, 0.15) is 5.75 Å². The van der Waals surface area contributed by atoms with Crippen molar-refractivity contribution in [3.63, 3.8) is 0 Å². The molecule has 0 bridgehead atoms. The molecule has 0 saturated heterocycles. The lowest BCUT2D eigenvalue weighted by molar-refractivity contribution is -0.138. The average molecular weight is 287 g/mol. The molecule has 0 unspecified atom stereocenters. The van der Waals surface area contributed by atoms with Gasteiger partial charge in [-0.3, -0.25) is 9.69 Å². The van der Waals surface area contributed by atoms with Gasteiger partial charge in [0.05, 0.1) is 13.7 Å². The third kappa shape index (κ3) is 3.73. The van der Waals surface area contributed by atoms with E-state index in [0.29, 0.717) is 6.54 Å². The first-order valence-electron chi connectivity index (χ1n) is 7.14. The van der Waals surface area contributed by atoms with Gasteiger partial charge < -0.3 is 9.84 Å². The number of nitrogens with zero attached hydrogens (tertiary/aromatic N) is 1. The van der Waals surface area contributed by atoms with E-state index in [2.05, 4.69) is 19.1 Å². The minimum atomic E-state index is -0.803. The Bertz CT molecular complexity index is 624. The smallest absolute Gasteiger partial charge is 0.317 e. The Hall–Kier alpha value is -2.07. The number of ether oxygens (including phenoxy) is 1. The van der Waals surface area contributed by atoms with Crippen molar-refractivity contribution in [2.45, 2.75) is 19.9 Å². The fourth-order valence-corrected chi connectivity index (χ4v) is 2.62. The zero-order valence-electron chi connectivity index (χ0n) is 12.5. The quantitative estimate of drug-likeness (QED) is 0.850. The topological polar surface area (TPSA) is 49.8 Å². The van der Waals surface area contributed by atoms with Crippen molar-refractivity contribution in [2.75, 3.05) is 20.2 Å². The van der Waals surface area contributed by atoms with Crippen LogP contribution in [0.1, 0.15) is 18.9 Å². The fourth-order valence-electron chi connectivity index (χ4n) is 2.62. The summed E-state index contributed by atoms with van der Waals surface area (Å²) in [5, 5.41) is 11.3. The molecule has 0 aliphatic carbocycles. The van der Waals surface area contributed by atoms with Gasteiger partial charge in [-0.1, -0.05) is 37.3 Å². The van der Waals surface area contributed by atoms with E-state index in [0.717, 1.165) is 35.1 Å². The second-order valence-electron chi connectivity index (χ2n) is 5.07. The van der Waals surface area contributed by atoms with Gasteiger partial charge in [-0.2, -0.15) is 0 Å². The predicted molar refractivity (Wildman–Crippen MR) is 83.7 cm³/mol. The van der Waals surface area contributed by atoms with Gasteiger partial charge in [-0.25, -0.2) is 0 Å². The molecule has 4 nitrogen and oxygen atoms in total. The Morgan fingerprint density at radius 2 is 2.00 bits per heavy atom. The van der Waals surface area contributed by atoms with E-state index in [1.54, 1.807) is 7.11 Å². The second kappa shape index (κ2) is 7.09. The number of carbonyl (C=O) groups is 1. The van der Waals surface area contributed by atoms with Gasteiger partial charge in [0.2, 0.25) is 0 Å². The van der Waals surface area contributed by atoms with Crippen LogP contribution in [0.15, 0.2) is 36.4 Å². The summed E-state index contributed by atoms with van der Waals surface area (Å²) in [7, 11) is 1.65. The number of benzene rings is 2. The Balaban J connectivity index is 2.40. The van der Waals surface area contributed by atoms with E-state index in [9.17, 15) is 4.79 Å². The van der Waals surface area contributed by atoms with E-state index >= 15 is 0 Å². The monoisotopic (exact) mass is 287 g/mol. The molecule has 0 radical (unpaired) electrons. The maximum absolute atomic E-state index is 11.0. The first-order chi connectivity index (χ1) is 10.2. The molecule has 2 aromatic carbocycles. The molecule has 4 heteroatoms. The van der Waals surface area contributed by atoms with Crippen molar-refractivity contribution >= 4 is 16.7 Å². The second-order valence-corrected chi connectivity index (χ2v) is 5.07. The van der Waals surface area contributed by atoms with Crippen molar-refractivity contribution in [1.29, 1.82) is 0 Å². The summed E-state index contributed by atoms with van der Waals surface area (Å²) in [6.07, 6.45) is 0.917. The summed E-state index contributed by atoms with van der Waals surface area (Å²) >= 11 is 0. The molecule has 2 aromatic rings. The highest BCUT2D eigenvalue weighted by atomic mass is 16.5. The Kier molecular flexibility index (Phi) is 5.17. The molecule has 112 valence electrons. The summed E-state index contributed by atoms with van der Waals surface area (Å²) in [5.74, 6) is 0.00263. The number of hydrogen-bond acceptors (Lipinski definition) is 3. The van der Waals surface area contributed by atoms with Crippen LogP contribution >= 0.6 is 0 Å². The Morgan fingerprint density at radius 1 is 1.24 bits per heavy atom. The van der Waals surface area contributed by atoms with E-state index in [-0.39, 0.29) is 6.54 Å². The van der Waals surface area contributed by atoms with E-state index in [4.69, 9.17) is 9.84 Å². The number of aliphatic carboxylic acids is 1. The van der Waals surface area contributed by atoms with Gasteiger partial charge in [-0.05, 0) is 29.8 Å². The van der Waals surface area contributed by atoms with Crippen molar-refractivity contribution in [2.24, 2.45) is 0 Å². The van der Waals surface area contributed by atoms with Crippen LogP contribution < -0.4 is 4.74 Å². The molecule has 0 aromatic heterocycles. The lowest BCUT2D eigenvalue weighted by Crippen LogP contribution is -2.30. The lowest BCUT2D eigenvalue weighted by Gasteiger charge is -2.22. The SMILES string of the molecule is CCCN(CC(=O)O)Cc1c(OC)ccc2ccccc12. The first-order valence-corrected chi connectivity index (χ1v) is 7.14. The zero-order chi connectivity index (χ0) is 15.2. The molecule has 1 N–H and O–H groups in total. The van der Waals surface area contributed by atoms with Crippen LogP contribution in [0, 0.1) is 0 Å². The summed E-state index contributed by atoms with van der Waals surface area (Å²) in [4.78, 5) is 13.0. The van der Waals surface area contributed by atoms with Gasteiger partial charge in [-0.15, -0.1) is 0 Å². The van der Waals surface area contributed by atoms with E-state index in [1.807, 2.05) is 29.2 Å². The number of fused-ring (bicyclic) bond motifs is 1. The predicted octanol–water partition coefficient (Wildman–Crippen LogP) is 3.15. The minimum absolute atomic E-state index is 0.0419. The third-order valence-electron chi connectivity index (χ3n) is 3.50. The summed E-state index contributed by atoms with van der Waals surface area (Å²) in [6, 6.07) is 12.1. The highest BCUT2D eigenvalue weighted by Crippen LogP contribution is 2.29. The van der Waals surface area contributed by atoms with Crippen LogP contribution in [0.25, 0.3) is 10.8 Å². The van der Waals surface area contributed by atoms with Gasteiger partial charge in [0, 0.05) is 12.1 Å². The molecule has 0 aliphatic heterocycles. The number of carboxylic acid groups (broad SMARTS) is 1. The van der Waals surface area contributed by atoms with Gasteiger partial charge in [0.15, 0.2) is 0 Å². The fraction of sp³-hybridized carbons (Fsp3) is 0.353. The van der Waals surface area contributed by atoms with Crippen LogP contribution in [-0.4, -0.2) is 36.2 Å². The lowest BCUT2D eigenvalue weighted by atomic mass is 10.0. The Morgan fingerprint density at radius 3 is 2.67 bits per heavy atom. The molecular weight excluding hydrogens is 266 g/mol. The van der Waals surface area contributed by atoms with E-state index in [1.165, 1.54) is 0 Å². The van der Waals surface area contributed by atoms with Crippen LogP contribution in [0.2, 0.25) is 0 Å². The molecule has 0 aliphatic rings. The minimum Gasteiger partial charge on any atom is -0.496 e. The molecule has 2 rings (SSSR count). The highest BCUT2D eigenvalue weighted by molar-refractivity contribution is 5.87. The van der Waals surface area contributed by atoms with Crippen molar-refractivity contribution in [3.8, 4) is 5.75 Å². The van der Waals surface area contributed by atoms with Crippen LogP contribution in [0.3, 0.4) is 0 Å². The molecule has 21 heavy (non-hydrogen) atoms. The largest absolute Gasteiger partial charge is 0.496 e. The first kappa shape index (κ1) is 15.3. The average Bonchev–Trinajstić information content (AvgIpc) is 2.47. The van der Waals surface area contributed by atoms with Gasteiger partial charge >= 0.3 is 5.97 Å². The van der Waals surface area contributed by atoms with Crippen molar-refractivity contribution in [1.82, 2.24) is 4.90 Å². The van der Waals surface area contributed by atoms with Crippen molar-refractivity contribution < 1.29 is 14.6 Å². The van der Waals surface area contributed by atoms with Crippen molar-refractivity contribution in [3.05, 3.63) is 42.0 Å². The Labute approximate surface area is 124 Å². The standard InChI is InChI=1S/C17H21NO3/c1-3-10-18(12-17(19)20)11-15-14-7-5-4-6-13(14)8-9-16(15)21-2/h4-9H,3,10-12H2,1-2H3,(H,19,20). The number of methoxy groups -OCH3 is 1. The molecule has 0 fully saturated rings. The molecular formula is C17H21NO3. The molecule has 0 amide bonds. The van der Waals surface area contributed by atoms with Crippen LogP contribution in [0.4, 0.5) is 0 Å². The molecule has 0 saturated carbocycles. The number of hydrogen-bond donors (Lipinski definition) is 1. The van der Waals surface area contributed by atoms with Crippen LogP contribution in [-0.2, 0) is 11.3 Å². The molecule has 0 atom stereocenters. The van der Waals surface area contributed by atoms with E-state index < -0.39 is 5.97 Å². The summed E-state index contributed by atoms with van der Waals surface area (Å²) in [6.45, 7) is 3.42. The maximum Gasteiger partial charge on any atom is 0.317 e. The van der Waals surface area contributed by atoms with Gasteiger partial charge in [0.25, 0.3) is 0 Å². The maximum atomic E-state index is 11.0. The summed E-state index contributed by atoms with van der Waals surface area (Å²) in [5.41, 5.74) is 1.05. The zero-order valence-corrected chi connectivity index (χ0v) is 12.5. The molecule has 0 heterocycles. The number of carboxylic acids is 1. The summed E-state index contributed by atoms with van der Waals surface area (Å²) < 4.78 is 5.46. The highest BCUT2D eigenvalue weighted by Gasteiger charge is 2.14. The normalized spacial score (nSPS) is 11.0. The molecule has 0 spiro atoms. The van der Waals surface area contributed by atoms with Crippen LogP contribution in [0.5, 0.6) is 5.75 Å². The third-order valence-corrected chi connectivity index (χ3v) is 3.50. The number of rotatable bonds is 7.